The maximum atomic E-state index is 13.3. The number of amides is 4. The first-order chi connectivity index (χ1) is 15.1. The molecule has 4 atom stereocenters. The summed E-state index contributed by atoms with van der Waals surface area (Å²) in [5.41, 5.74) is 11.5. The Morgan fingerprint density at radius 1 is 1.31 bits per heavy atom. The number of nitrogens with two attached hydrogens (primary N) is 2. The Kier molecular flexibility index (Phi) is 8.70. The lowest BCUT2D eigenvalue weighted by Crippen LogP contribution is -2.57. The molecule has 13 nitrogen and oxygen atoms in total. The zero-order valence-electron chi connectivity index (χ0n) is 17.7. The molecule has 0 spiro atoms. The van der Waals surface area contributed by atoms with Crippen LogP contribution in [-0.4, -0.2) is 80.3 Å². The Hall–Kier alpha value is -3.48. The van der Waals surface area contributed by atoms with Crippen molar-refractivity contribution in [1.29, 1.82) is 0 Å². The van der Waals surface area contributed by atoms with E-state index < -0.39 is 53.8 Å². The number of carbonyl (C=O) groups is 5. The Morgan fingerprint density at radius 2 is 2.03 bits per heavy atom. The van der Waals surface area contributed by atoms with Crippen LogP contribution in [0.25, 0.3) is 0 Å². The van der Waals surface area contributed by atoms with Gasteiger partial charge in [0, 0.05) is 31.3 Å². The number of hydrogen-bond acceptors (Lipinski definition) is 7. The van der Waals surface area contributed by atoms with E-state index in [4.69, 9.17) is 16.6 Å². The second-order valence-corrected chi connectivity index (χ2v) is 7.71. The fourth-order valence-electron chi connectivity index (χ4n) is 3.40. The molecule has 1 aliphatic rings. The van der Waals surface area contributed by atoms with Crippen LogP contribution in [0.3, 0.4) is 0 Å². The molecule has 8 N–H and O–H groups in total. The Bertz CT molecular complexity index is 843. The summed E-state index contributed by atoms with van der Waals surface area (Å²) in [5.74, 6) is -3.50. The van der Waals surface area contributed by atoms with Crippen molar-refractivity contribution < 1.29 is 29.1 Å². The summed E-state index contributed by atoms with van der Waals surface area (Å²) in [6.07, 6.45) is 3.86. The lowest BCUT2D eigenvalue weighted by atomic mass is 10.1. The van der Waals surface area contributed by atoms with Gasteiger partial charge in [-0.25, -0.2) is 4.98 Å². The third kappa shape index (κ3) is 6.77. The molecule has 1 aromatic rings. The molecule has 32 heavy (non-hydrogen) atoms. The van der Waals surface area contributed by atoms with Gasteiger partial charge in [0.1, 0.15) is 18.1 Å². The van der Waals surface area contributed by atoms with Gasteiger partial charge in [-0.2, -0.15) is 0 Å². The van der Waals surface area contributed by atoms with E-state index in [1.54, 1.807) is 0 Å². The molecule has 176 valence electrons. The molecule has 4 unspecified atom stereocenters. The van der Waals surface area contributed by atoms with Crippen LogP contribution in [0.2, 0.25) is 0 Å². The molecule has 0 aromatic carbocycles. The summed E-state index contributed by atoms with van der Waals surface area (Å²) in [7, 11) is 0. The lowest BCUT2D eigenvalue weighted by molar-refractivity contribution is -0.144. The van der Waals surface area contributed by atoms with Crippen LogP contribution in [0.4, 0.5) is 0 Å². The molecule has 1 fully saturated rings. The number of H-pyrrole nitrogens is 1. The Labute approximate surface area is 184 Å². The first-order valence-corrected chi connectivity index (χ1v) is 10.2. The number of nitrogens with zero attached hydrogens (tertiary/aromatic N) is 2. The average Bonchev–Trinajstić information content (AvgIpc) is 3.42. The maximum Gasteiger partial charge on any atom is 0.325 e. The van der Waals surface area contributed by atoms with E-state index in [9.17, 15) is 24.0 Å². The van der Waals surface area contributed by atoms with Gasteiger partial charge in [-0.3, -0.25) is 24.0 Å². The van der Waals surface area contributed by atoms with Crippen molar-refractivity contribution in [2.24, 2.45) is 11.5 Å². The van der Waals surface area contributed by atoms with Gasteiger partial charge >= 0.3 is 5.97 Å². The van der Waals surface area contributed by atoms with Gasteiger partial charge in [0.15, 0.2) is 0 Å². The summed E-state index contributed by atoms with van der Waals surface area (Å²) in [6.45, 7) is 1.61. The van der Waals surface area contributed by atoms with Crippen molar-refractivity contribution in [2.45, 2.75) is 63.2 Å². The molecule has 2 heterocycles. The number of rotatable bonds is 11. The van der Waals surface area contributed by atoms with Crippen molar-refractivity contribution in [3.8, 4) is 0 Å². The fourth-order valence-corrected chi connectivity index (χ4v) is 3.40. The number of likely N-dealkylation sites (tertiary alicyclic amines) is 1. The highest BCUT2D eigenvalue weighted by Gasteiger charge is 2.38. The van der Waals surface area contributed by atoms with Gasteiger partial charge in [0.2, 0.25) is 23.6 Å². The number of imidazole rings is 1. The number of aromatic nitrogens is 2. The van der Waals surface area contributed by atoms with Crippen LogP contribution < -0.4 is 22.1 Å². The largest absolute Gasteiger partial charge is 0.480 e. The average molecular weight is 451 g/mol. The predicted octanol–water partition coefficient (Wildman–Crippen LogP) is -2.39. The van der Waals surface area contributed by atoms with Gasteiger partial charge in [-0.05, 0) is 26.2 Å². The van der Waals surface area contributed by atoms with E-state index in [1.165, 1.54) is 24.3 Å². The molecule has 1 aliphatic heterocycles. The molecule has 0 radical (unpaired) electrons. The van der Waals surface area contributed by atoms with Crippen molar-refractivity contribution in [3.05, 3.63) is 18.2 Å². The highest BCUT2D eigenvalue weighted by atomic mass is 16.4. The Morgan fingerprint density at radius 3 is 2.62 bits per heavy atom. The van der Waals surface area contributed by atoms with Crippen LogP contribution in [0.5, 0.6) is 0 Å². The van der Waals surface area contributed by atoms with E-state index >= 15 is 0 Å². The number of carboxylic acid groups (broad SMARTS) is 1. The lowest BCUT2D eigenvalue weighted by Gasteiger charge is -2.29. The molecular weight excluding hydrogens is 422 g/mol. The topological polar surface area (TPSA) is 214 Å². The van der Waals surface area contributed by atoms with Crippen molar-refractivity contribution >= 4 is 29.6 Å². The van der Waals surface area contributed by atoms with Crippen molar-refractivity contribution in [3.63, 3.8) is 0 Å². The first kappa shape index (κ1) is 24.8. The van der Waals surface area contributed by atoms with E-state index in [0.717, 1.165) is 0 Å². The van der Waals surface area contributed by atoms with E-state index in [1.807, 2.05) is 0 Å². The van der Waals surface area contributed by atoms with Crippen LogP contribution in [0, 0.1) is 0 Å². The summed E-state index contributed by atoms with van der Waals surface area (Å²) in [5, 5.41) is 14.0. The standard InChI is InChI=1S/C19H29N7O6/c1-10(19(31)32)24-17(29)14-3-2-6-26(14)18(30)13(7-11-8-22-9-23-11)25-16(28)12(20)4-5-15(21)27/h8-10,12-14H,2-7,20H2,1H3,(H2,21,27)(H,22,23)(H,24,29)(H,25,28)(H,31,32). The fraction of sp³-hybridized carbons (Fsp3) is 0.579. The number of primary amides is 1. The predicted molar refractivity (Wildman–Crippen MR) is 111 cm³/mol. The summed E-state index contributed by atoms with van der Waals surface area (Å²) >= 11 is 0. The first-order valence-electron chi connectivity index (χ1n) is 10.2. The molecule has 0 bridgehead atoms. The number of hydrogen-bond donors (Lipinski definition) is 6. The number of aliphatic carboxylic acids is 1. The third-order valence-electron chi connectivity index (χ3n) is 5.20. The van der Waals surface area contributed by atoms with Gasteiger partial charge in [-0.1, -0.05) is 0 Å². The number of nitrogens with one attached hydrogen (secondary N) is 3. The minimum absolute atomic E-state index is 0.0218. The zero-order valence-corrected chi connectivity index (χ0v) is 17.7. The van der Waals surface area contributed by atoms with E-state index in [0.29, 0.717) is 18.5 Å². The minimum Gasteiger partial charge on any atom is -0.480 e. The SMILES string of the molecule is CC(NC(=O)C1CCCN1C(=O)C(Cc1cnc[nH]1)NC(=O)C(N)CCC(N)=O)C(=O)O. The summed E-state index contributed by atoms with van der Waals surface area (Å²) in [4.78, 5) is 68.5. The smallest absolute Gasteiger partial charge is 0.325 e. The second kappa shape index (κ2) is 11.2. The van der Waals surface area contributed by atoms with Crippen LogP contribution in [0.1, 0.15) is 38.3 Å². The van der Waals surface area contributed by atoms with Crippen LogP contribution >= 0.6 is 0 Å². The second-order valence-electron chi connectivity index (χ2n) is 7.71. The number of carbonyl (C=O) groups excluding carboxylic acids is 4. The minimum atomic E-state index is -1.19. The maximum absolute atomic E-state index is 13.3. The summed E-state index contributed by atoms with van der Waals surface area (Å²) in [6, 6.07) is -4.06. The Balaban J connectivity index is 2.14. The molecule has 13 heteroatoms. The highest BCUT2D eigenvalue weighted by molar-refractivity contribution is 5.94. The summed E-state index contributed by atoms with van der Waals surface area (Å²) < 4.78 is 0. The molecule has 4 amide bonds. The highest BCUT2D eigenvalue weighted by Crippen LogP contribution is 2.20. The molecule has 1 aromatic heterocycles. The number of aromatic amines is 1. The van der Waals surface area contributed by atoms with Gasteiger partial charge < -0.3 is 37.1 Å². The number of carboxylic acids is 1. The quantitative estimate of drug-likeness (QED) is 0.213. The molecular formula is C19H29N7O6. The van der Waals surface area contributed by atoms with Gasteiger partial charge in [-0.15, -0.1) is 0 Å². The van der Waals surface area contributed by atoms with E-state index in [-0.39, 0.29) is 25.8 Å². The van der Waals surface area contributed by atoms with Crippen LogP contribution in [-0.2, 0) is 30.4 Å². The van der Waals surface area contributed by atoms with Gasteiger partial charge in [0.05, 0.1) is 12.4 Å². The molecule has 0 aliphatic carbocycles. The van der Waals surface area contributed by atoms with Crippen molar-refractivity contribution in [2.75, 3.05) is 6.54 Å². The molecule has 2 rings (SSSR count). The molecule has 0 saturated carbocycles. The van der Waals surface area contributed by atoms with Crippen molar-refractivity contribution in [1.82, 2.24) is 25.5 Å². The zero-order chi connectivity index (χ0) is 23.8. The van der Waals surface area contributed by atoms with Gasteiger partial charge in [0.25, 0.3) is 0 Å². The van der Waals surface area contributed by atoms with Crippen LogP contribution in [0.15, 0.2) is 12.5 Å². The monoisotopic (exact) mass is 451 g/mol. The van der Waals surface area contributed by atoms with E-state index in [2.05, 4.69) is 20.6 Å². The molecule has 1 saturated heterocycles. The third-order valence-corrected chi connectivity index (χ3v) is 5.20. The normalized spacial score (nSPS) is 18.4.